The highest BCUT2D eigenvalue weighted by atomic mass is 16.5. The van der Waals surface area contributed by atoms with Crippen LogP contribution in [0.15, 0.2) is 55.0 Å². The summed E-state index contributed by atoms with van der Waals surface area (Å²) < 4.78 is 7.29. The molecule has 0 saturated carbocycles. The third kappa shape index (κ3) is 4.47. The van der Waals surface area contributed by atoms with Crippen molar-refractivity contribution in [3.63, 3.8) is 0 Å². The highest BCUT2D eigenvalue weighted by molar-refractivity contribution is 5.94. The SMILES string of the molecule is Cc1cnn(-c2ccc(C(=O)NCc3ccc(OC(C)C)nc3)cc2)c1. The Morgan fingerprint density at radius 1 is 1.15 bits per heavy atom. The van der Waals surface area contributed by atoms with Crippen molar-refractivity contribution in [3.05, 3.63) is 71.7 Å². The van der Waals surface area contributed by atoms with Crippen molar-refractivity contribution in [1.82, 2.24) is 20.1 Å². The minimum atomic E-state index is -0.129. The first-order chi connectivity index (χ1) is 12.5. The Balaban J connectivity index is 1.58. The molecule has 6 heteroatoms. The smallest absolute Gasteiger partial charge is 0.251 e. The predicted octanol–water partition coefficient (Wildman–Crippen LogP) is 3.29. The summed E-state index contributed by atoms with van der Waals surface area (Å²) in [4.78, 5) is 16.5. The Morgan fingerprint density at radius 2 is 1.92 bits per heavy atom. The fourth-order valence-electron chi connectivity index (χ4n) is 2.43. The summed E-state index contributed by atoms with van der Waals surface area (Å²) in [5, 5.41) is 7.16. The average molecular weight is 350 g/mol. The molecule has 0 radical (unpaired) electrons. The zero-order chi connectivity index (χ0) is 18.5. The van der Waals surface area contributed by atoms with E-state index in [-0.39, 0.29) is 12.0 Å². The van der Waals surface area contributed by atoms with Gasteiger partial charge in [-0.1, -0.05) is 6.07 Å². The molecule has 0 saturated heterocycles. The number of aryl methyl sites for hydroxylation is 1. The van der Waals surface area contributed by atoms with Crippen molar-refractivity contribution < 1.29 is 9.53 Å². The lowest BCUT2D eigenvalue weighted by atomic mass is 10.2. The number of hydrogen-bond donors (Lipinski definition) is 1. The van der Waals surface area contributed by atoms with Gasteiger partial charge in [0.15, 0.2) is 0 Å². The van der Waals surface area contributed by atoms with Crippen molar-refractivity contribution in [2.45, 2.75) is 33.4 Å². The van der Waals surface area contributed by atoms with Crippen LogP contribution in [0.2, 0.25) is 0 Å². The predicted molar refractivity (Wildman–Crippen MR) is 99.5 cm³/mol. The van der Waals surface area contributed by atoms with Gasteiger partial charge in [-0.25, -0.2) is 9.67 Å². The molecule has 3 rings (SSSR count). The number of aromatic nitrogens is 3. The van der Waals surface area contributed by atoms with Crippen LogP contribution in [0, 0.1) is 6.92 Å². The van der Waals surface area contributed by atoms with Crippen LogP contribution in [-0.2, 0) is 6.54 Å². The lowest BCUT2D eigenvalue weighted by molar-refractivity contribution is 0.0951. The van der Waals surface area contributed by atoms with Crippen LogP contribution in [0.5, 0.6) is 5.88 Å². The highest BCUT2D eigenvalue weighted by Crippen LogP contribution is 2.11. The molecule has 134 valence electrons. The number of benzene rings is 1. The number of pyridine rings is 1. The van der Waals surface area contributed by atoms with Crippen molar-refractivity contribution in [2.24, 2.45) is 0 Å². The summed E-state index contributed by atoms with van der Waals surface area (Å²) in [6.45, 7) is 6.30. The first-order valence-corrected chi connectivity index (χ1v) is 8.53. The highest BCUT2D eigenvalue weighted by Gasteiger charge is 2.07. The van der Waals surface area contributed by atoms with Gasteiger partial charge in [0.25, 0.3) is 5.91 Å². The minimum absolute atomic E-state index is 0.0849. The first-order valence-electron chi connectivity index (χ1n) is 8.53. The van der Waals surface area contributed by atoms with E-state index in [2.05, 4.69) is 15.4 Å². The molecule has 0 aliphatic carbocycles. The number of amides is 1. The normalized spacial score (nSPS) is 10.8. The maximum Gasteiger partial charge on any atom is 0.251 e. The maximum absolute atomic E-state index is 12.3. The van der Waals surface area contributed by atoms with Crippen molar-refractivity contribution in [2.75, 3.05) is 0 Å². The van der Waals surface area contributed by atoms with Gasteiger partial charge in [-0.05, 0) is 56.2 Å². The molecule has 0 spiro atoms. The minimum Gasteiger partial charge on any atom is -0.475 e. The van der Waals surface area contributed by atoms with Crippen LogP contribution in [-0.4, -0.2) is 26.8 Å². The van der Waals surface area contributed by atoms with Crippen molar-refractivity contribution in [1.29, 1.82) is 0 Å². The molecular weight excluding hydrogens is 328 g/mol. The molecule has 0 bridgehead atoms. The van der Waals surface area contributed by atoms with Gasteiger partial charge in [0.2, 0.25) is 5.88 Å². The van der Waals surface area contributed by atoms with E-state index in [1.165, 1.54) is 0 Å². The summed E-state index contributed by atoms with van der Waals surface area (Å²) in [6, 6.07) is 11.0. The molecule has 1 aromatic carbocycles. The van der Waals surface area contributed by atoms with E-state index in [9.17, 15) is 4.79 Å². The van der Waals surface area contributed by atoms with Gasteiger partial charge in [0.1, 0.15) is 0 Å². The molecule has 0 unspecified atom stereocenters. The van der Waals surface area contributed by atoms with E-state index in [0.29, 0.717) is 18.0 Å². The molecule has 0 aliphatic heterocycles. The summed E-state index contributed by atoms with van der Waals surface area (Å²) in [6.07, 6.45) is 5.53. The topological polar surface area (TPSA) is 69.0 Å². The van der Waals surface area contributed by atoms with Crippen molar-refractivity contribution in [3.8, 4) is 11.6 Å². The van der Waals surface area contributed by atoms with E-state index in [0.717, 1.165) is 16.8 Å². The number of carbonyl (C=O) groups excluding carboxylic acids is 1. The summed E-state index contributed by atoms with van der Waals surface area (Å²) in [5.74, 6) is 0.454. The molecule has 0 atom stereocenters. The molecule has 2 heterocycles. The van der Waals surface area contributed by atoms with Crippen LogP contribution >= 0.6 is 0 Å². The standard InChI is InChI=1S/C20H22N4O2/c1-14(2)26-19-9-4-16(11-21-19)12-22-20(25)17-5-7-18(8-6-17)24-13-15(3)10-23-24/h4-11,13-14H,12H2,1-3H3,(H,22,25). The van der Waals surface area contributed by atoms with Crippen LogP contribution in [0.1, 0.15) is 35.3 Å². The second-order valence-electron chi connectivity index (χ2n) is 6.36. The van der Waals surface area contributed by atoms with Gasteiger partial charge in [-0.3, -0.25) is 4.79 Å². The summed E-state index contributed by atoms with van der Waals surface area (Å²) in [5.41, 5.74) is 3.52. The molecule has 0 fully saturated rings. The molecule has 1 amide bonds. The third-order valence-electron chi connectivity index (χ3n) is 3.71. The Labute approximate surface area is 152 Å². The number of carbonyl (C=O) groups is 1. The Hall–Kier alpha value is -3.15. The third-order valence-corrected chi connectivity index (χ3v) is 3.71. The van der Waals surface area contributed by atoms with Gasteiger partial charge in [-0.2, -0.15) is 5.10 Å². The van der Waals surface area contributed by atoms with Crippen LogP contribution in [0.25, 0.3) is 5.69 Å². The van der Waals surface area contributed by atoms with Crippen LogP contribution < -0.4 is 10.1 Å². The zero-order valence-corrected chi connectivity index (χ0v) is 15.1. The molecule has 0 aliphatic rings. The number of nitrogens with zero attached hydrogens (tertiary/aromatic N) is 3. The van der Waals surface area contributed by atoms with E-state index in [1.807, 2.05) is 51.2 Å². The van der Waals surface area contributed by atoms with Crippen LogP contribution in [0.3, 0.4) is 0 Å². The van der Waals surface area contributed by atoms with E-state index < -0.39 is 0 Å². The number of nitrogens with one attached hydrogen (secondary N) is 1. The summed E-state index contributed by atoms with van der Waals surface area (Å²) in [7, 11) is 0. The molecule has 26 heavy (non-hydrogen) atoms. The second-order valence-corrected chi connectivity index (χ2v) is 6.36. The van der Waals surface area contributed by atoms with Crippen LogP contribution in [0.4, 0.5) is 0 Å². The fourth-order valence-corrected chi connectivity index (χ4v) is 2.43. The first kappa shape index (κ1) is 17.7. The molecule has 6 nitrogen and oxygen atoms in total. The molecule has 2 aromatic heterocycles. The second kappa shape index (κ2) is 7.82. The van der Waals surface area contributed by atoms with E-state index >= 15 is 0 Å². The lowest BCUT2D eigenvalue weighted by Crippen LogP contribution is -2.22. The van der Waals surface area contributed by atoms with Gasteiger partial charge in [0.05, 0.1) is 18.0 Å². The largest absolute Gasteiger partial charge is 0.475 e. The Morgan fingerprint density at radius 3 is 2.50 bits per heavy atom. The van der Waals surface area contributed by atoms with Gasteiger partial charge < -0.3 is 10.1 Å². The maximum atomic E-state index is 12.3. The monoisotopic (exact) mass is 350 g/mol. The average Bonchev–Trinajstić information content (AvgIpc) is 3.07. The van der Waals surface area contributed by atoms with E-state index in [1.54, 1.807) is 29.2 Å². The van der Waals surface area contributed by atoms with Gasteiger partial charge in [0, 0.05) is 30.6 Å². The van der Waals surface area contributed by atoms with E-state index in [4.69, 9.17) is 4.74 Å². The number of ether oxygens (including phenoxy) is 1. The van der Waals surface area contributed by atoms with Crippen molar-refractivity contribution >= 4 is 5.91 Å². The zero-order valence-electron chi connectivity index (χ0n) is 15.1. The Bertz CT molecular complexity index is 868. The quantitative estimate of drug-likeness (QED) is 0.741. The van der Waals surface area contributed by atoms with Gasteiger partial charge >= 0.3 is 0 Å². The summed E-state index contributed by atoms with van der Waals surface area (Å²) >= 11 is 0. The number of rotatable bonds is 6. The molecular formula is C20H22N4O2. The molecule has 3 aromatic rings. The fraction of sp³-hybridized carbons (Fsp3) is 0.250. The Kier molecular flexibility index (Phi) is 5.31. The molecule has 1 N–H and O–H groups in total. The lowest BCUT2D eigenvalue weighted by Gasteiger charge is -2.09. The van der Waals surface area contributed by atoms with Gasteiger partial charge in [-0.15, -0.1) is 0 Å². The number of hydrogen-bond acceptors (Lipinski definition) is 4.